The van der Waals surface area contributed by atoms with Crippen molar-refractivity contribution in [3.05, 3.63) is 46.5 Å². The molecule has 0 saturated heterocycles. The third-order valence-electron chi connectivity index (χ3n) is 3.88. The van der Waals surface area contributed by atoms with Gasteiger partial charge >= 0.3 is 0 Å². The molecule has 1 amide bonds. The van der Waals surface area contributed by atoms with Gasteiger partial charge in [-0.3, -0.25) is 4.79 Å². The Balaban J connectivity index is 2.09. The summed E-state index contributed by atoms with van der Waals surface area (Å²) in [7, 11) is 1.70. The maximum atomic E-state index is 12.4. The topological polar surface area (TPSA) is 58.4 Å². The number of benzene rings is 1. The van der Waals surface area contributed by atoms with Gasteiger partial charge < -0.3 is 10.0 Å². The number of likely N-dealkylation sites (N-methyl/N-ethyl adjacent to an activating group) is 1. The third kappa shape index (κ3) is 2.75. The second kappa shape index (κ2) is 6.14. The third-order valence-corrected chi connectivity index (χ3v) is 4.98. The summed E-state index contributed by atoms with van der Waals surface area (Å²) in [5.41, 5.74) is 3.06. The summed E-state index contributed by atoms with van der Waals surface area (Å²) in [6.45, 7) is 4.29. The maximum Gasteiger partial charge on any atom is 0.263 e. The zero-order chi connectivity index (χ0) is 16.6. The van der Waals surface area contributed by atoms with Crippen LogP contribution in [0.5, 0.6) is 0 Å². The van der Waals surface area contributed by atoms with Crippen LogP contribution in [0.25, 0.3) is 15.9 Å². The van der Waals surface area contributed by atoms with Gasteiger partial charge in [0.2, 0.25) is 0 Å². The number of carbonyl (C=O) groups is 1. The van der Waals surface area contributed by atoms with Crippen LogP contribution in [0.15, 0.2) is 30.3 Å². The highest BCUT2D eigenvalue weighted by Crippen LogP contribution is 2.31. The number of nitrogens with zero attached hydrogens (tertiary/aromatic N) is 3. The molecule has 0 aliphatic rings. The minimum Gasteiger partial charge on any atom is -0.395 e. The number of aliphatic hydroxyl groups is 1. The van der Waals surface area contributed by atoms with Gasteiger partial charge in [-0.25, -0.2) is 4.68 Å². The number of thiophene rings is 1. The molecule has 120 valence electrons. The average Bonchev–Trinajstić information content (AvgIpc) is 3.08. The molecule has 0 spiro atoms. The van der Waals surface area contributed by atoms with Crippen molar-refractivity contribution < 1.29 is 9.90 Å². The summed E-state index contributed by atoms with van der Waals surface area (Å²) in [4.78, 5) is 15.6. The lowest BCUT2D eigenvalue weighted by Gasteiger charge is -2.13. The van der Waals surface area contributed by atoms with Crippen LogP contribution in [0.4, 0.5) is 0 Å². The van der Waals surface area contributed by atoms with Gasteiger partial charge in [0.15, 0.2) is 0 Å². The van der Waals surface area contributed by atoms with Gasteiger partial charge in [0.25, 0.3) is 5.91 Å². The number of aryl methyl sites for hydroxylation is 2. The van der Waals surface area contributed by atoms with Crippen LogP contribution in [-0.2, 0) is 0 Å². The Kier molecular flexibility index (Phi) is 4.19. The fraction of sp³-hybridized carbons (Fsp3) is 0.294. The summed E-state index contributed by atoms with van der Waals surface area (Å²) in [5, 5.41) is 14.6. The van der Waals surface area contributed by atoms with E-state index in [1.165, 1.54) is 16.2 Å². The number of para-hydroxylation sites is 1. The van der Waals surface area contributed by atoms with E-state index in [2.05, 4.69) is 5.10 Å². The number of hydrogen-bond donors (Lipinski definition) is 1. The Labute approximate surface area is 138 Å². The molecule has 3 aromatic rings. The maximum absolute atomic E-state index is 12.4. The number of carbonyl (C=O) groups excluding carboxylic acids is 1. The van der Waals surface area contributed by atoms with E-state index in [9.17, 15) is 4.79 Å². The fourth-order valence-electron chi connectivity index (χ4n) is 2.56. The van der Waals surface area contributed by atoms with Crippen LogP contribution in [0.3, 0.4) is 0 Å². The molecule has 5 nitrogen and oxygen atoms in total. The Hall–Kier alpha value is -2.18. The fourth-order valence-corrected chi connectivity index (χ4v) is 3.73. The molecule has 0 fully saturated rings. The number of aromatic nitrogens is 2. The Morgan fingerprint density at radius 1 is 1.35 bits per heavy atom. The van der Waals surface area contributed by atoms with Crippen molar-refractivity contribution in [1.82, 2.24) is 14.7 Å². The molecule has 1 N–H and O–H groups in total. The molecular formula is C17H19N3O2S. The monoisotopic (exact) mass is 329 g/mol. The molecule has 0 aliphatic heterocycles. The average molecular weight is 329 g/mol. The Bertz CT molecular complexity index is 866. The lowest BCUT2D eigenvalue weighted by atomic mass is 10.2. The zero-order valence-electron chi connectivity index (χ0n) is 13.4. The molecule has 3 rings (SSSR count). The van der Waals surface area contributed by atoms with Crippen molar-refractivity contribution in [3.8, 4) is 5.69 Å². The van der Waals surface area contributed by atoms with E-state index in [-0.39, 0.29) is 12.5 Å². The van der Waals surface area contributed by atoms with E-state index in [0.717, 1.165) is 27.2 Å². The lowest BCUT2D eigenvalue weighted by molar-refractivity contribution is 0.0772. The molecular weight excluding hydrogens is 310 g/mol. The quantitative estimate of drug-likeness (QED) is 0.801. The molecule has 2 heterocycles. The molecule has 0 saturated carbocycles. The largest absolute Gasteiger partial charge is 0.395 e. The lowest BCUT2D eigenvalue weighted by Crippen LogP contribution is -2.28. The first-order valence-electron chi connectivity index (χ1n) is 7.44. The summed E-state index contributed by atoms with van der Waals surface area (Å²) in [6.07, 6.45) is 0. The van der Waals surface area contributed by atoms with Crippen molar-refractivity contribution >= 4 is 27.5 Å². The smallest absolute Gasteiger partial charge is 0.263 e. The predicted octanol–water partition coefficient (Wildman–Crippen LogP) is 2.77. The van der Waals surface area contributed by atoms with Crippen molar-refractivity contribution in [2.24, 2.45) is 0 Å². The second-order valence-corrected chi connectivity index (χ2v) is 6.59. The van der Waals surface area contributed by atoms with Gasteiger partial charge in [-0.2, -0.15) is 5.10 Å². The van der Waals surface area contributed by atoms with E-state index < -0.39 is 0 Å². The summed E-state index contributed by atoms with van der Waals surface area (Å²) in [5.74, 6) is -0.0732. The molecule has 0 aliphatic carbocycles. The van der Waals surface area contributed by atoms with Gasteiger partial charge in [-0.05, 0) is 31.5 Å². The first kappa shape index (κ1) is 15.7. The van der Waals surface area contributed by atoms with Crippen LogP contribution >= 0.6 is 11.3 Å². The van der Waals surface area contributed by atoms with Crippen LogP contribution in [-0.4, -0.2) is 45.9 Å². The van der Waals surface area contributed by atoms with E-state index >= 15 is 0 Å². The van der Waals surface area contributed by atoms with E-state index in [1.807, 2.05) is 48.9 Å². The number of fused-ring (bicyclic) bond motifs is 1. The van der Waals surface area contributed by atoms with Crippen LogP contribution in [0.2, 0.25) is 0 Å². The standard InChI is InChI=1S/C17H19N3O2S/c1-11-6-4-5-7-14(11)20-17-13(12(2)18-20)10-15(23-17)16(22)19(3)8-9-21/h4-7,10,21H,8-9H2,1-3H3. The molecule has 0 radical (unpaired) electrons. The molecule has 23 heavy (non-hydrogen) atoms. The molecule has 0 atom stereocenters. The molecule has 1 aromatic carbocycles. The molecule has 0 bridgehead atoms. The SMILES string of the molecule is Cc1ccccc1-n1nc(C)c2cc(C(=O)N(C)CCO)sc21. The number of rotatable bonds is 4. The van der Waals surface area contributed by atoms with Crippen molar-refractivity contribution in [2.45, 2.75) is 13.8 Å². The zero-order valence-corrected chi connectivity index (χ0v) is 14.2. The van der Waals surface area contributed by atoms with Gasteiger partial charge in [-0.1, -0.05) is 18.2 Å². The Morgan fingerprint density at radius 3 is 2.78 bits per heavy atom. The van der Waals surface area contributed by atoms with Gasteiger partial charge in [0, 0.05) is 19.0 Å². The molecule has 2 aromatic heterocycles. The first-order valence-corrected chi connectivity index (χ1v) is 8.26. The number of aliphatic hydroxyl groups excluding tert-OH is 1. The highest BCUT2D eigenvalue weighted by atomic mass is 32.1. The summed E-state index contributed by atoms with van der Waals surface area (Å²) in [6, 6.07) is 9.96. The van der Waals surface area contributed by atoms with Gasteiger partial charge in [0.05, 0.1) is 22.9 Å². The predicted molar refractivity (Wildman–Crippen MR) is 92.5 cm³/mol. The van der Waals surface area contributed by atoms with E-state index in [1.54, 1.807) is 7.05 Å². The minimum absolute atomic E-state index is 0.0385. The van der Waals surface area contributed by atoms with Gasteiger partial charge in [-0.15, -0.1) is 11.3 Å². The highest BCUT2D eigenvalue weighted by Gasteiger charge is 2.19. The summed E-state index contributed by atoms with van der Waals surface area (Å²) >= 11 is 1.44. The Morgan fingerprint density at radius 2 is 2.09 bits per heavy atom. The van der Waals surface area contributed by atoms with Gasteiger partial charge in [0.1, 0.15) is 4.83 Å². The molecule has 6 heteroatoms. The van der Waals surface area contributed by atoms with Crippen molar-refractivity contribution in [3.63, 3.8) is 0 Å². The van der Waals surface area contributed by atoms with Crippen LogP contribution < -0.4 is 0 Å². The minimum atomic E-state index is -0.0732. The van der Waals surface area contributed by atoms with Crippen molar-refractivity contribution in [2.75, 3.05) is 20.2 Å². The highest BCUT2D eigenvalue weighted by molar-refractivity contribution is 7.20. The van der Waals surface area contributed by atoms with Crippen LogP contribution in [0, 0.1) is 13.8 Å². The van der Waals surface area contributed by atoms with E-state index in [0.29, 0.717) is 11.4 Å². The van der Waals surface area contributed by atoms with E-state index in [4.69, 9.17) is 5.11 Å². The van der Waals surface area contributed by atoms with Crippen molar-refractivity contribution in [1.29, 1.82) is 0 Å². The number of amides is 1. The second-order valence-electron chi connectivity index (χ2n) is 5.56. The normalized spacial score (nSPS) is 11.1. The first-order chi connectivity index (χ1) is 11.0. The number of hydrogen-bond acceptors (Lipinski definition) is 4. The van der Waals surface area contributed by atoms with Crippen LogP contribution in [0.1, 0.15) is 20.9 Å². The molecule has 0 unspecified atom stereocenters. The summed E-state index contributed by atoms with van der Waals surface area (Å²) < 4.78 is 1.91.